The van der Waals surface area contributed by atoms with Gasteiger partial charge >= 0.3 is 5.97 Å². The van der Waals surface area contributed by atoms with Crippen LogP contribution in [-0.4, -0.2) is 31.3 Å². The summed E-state index contributed by atoms with van der Waals surface area (Å²) in [5.74, 6) is -1.07. The Morgan fingerprint density at radius 3 is 2.28 bits per heavy atom. The lowest BCUT2D eigenvalue weighted by Crippen LogP contribution is -2.29. The van der Waals surface area contributed by atoms with Crippen LogP contribution >= 0.6 is 0 Å². The highest BCUT2D eigenvalue weighted by Crippen LogP contribution is 2.39. The van der Waals surface area contributed by atoms with Crippen LogP contribution in [0.2, 0.25) is 0 Å². The lowest BCUT2D eigenvalue weighted by atomic mass is 9.93. The predicted molar refractivity (Wildman–Crippen MR) is 142 cm³/mol. The summed E-state index contributed by atoms with van der Waals surface area (Å²) in [4.78, 5) is 17.4. The van der Waals surface area contributed by atoms with E-state index in [1.54, 1.807) is 4.52 Å². The lowest BCUT2D eigenvalue weighted by Gasteiger charge is -2.28. The van der Waals surface area contributed by atoms with Crippen molar-refractivity contribution in [2.24, 2.45) is 0 Å². The Labute approximate surface area is 210 Å². The normalized spacial score (nSPS) is 12.8. The second-order valence-corrected chi connectivity index (χ2v) is 10.0. The van der Waals surface area contributed by atoms with Crippen molar-refractivity contribution < 1.29 is 14.6 Å². The first-order valence-corrected chi connectivity index (χ1v) is 12.0. The number of aryl methyl sites for hydroxylation is 2. The number of aliphatic carboxylic acids is 1. The molecule has 6 nitrogen and oxygen atoms in total. The van der Waals surface area contributed by atoms with Gasteiger partial charge in [0.05, 0.1) is 17.0 Å². The number of rotatable bonds is 5. The van der Waals surface area contributed by atoms with E-state index >= 15 is 0 Å². The number of carboxylic acids is 1. The molecule has 0 aliphatic carbocycles. The van der Waals surface area contributed by atoms with Gasteiger partial charge in [0.1, 0.15) is 0 Å². The largest absolute Gasteiger partial charge is 0.479 e. The minimum Gasteiger partial charge on any atom is -0.479 e. The van der Waals surface area contributed by atoms with E-state index in [1.165, 1.54) is 0 Å². The molecule has 1 atom stereocenters. The Bertz CT molecular complexity index is 1600. The van der Waals surface area contributed by atoms with Gasteiger partial charge in [0, 0.05) is 28.5 Å². The maximum atomic E-state index is 12.6. The van der Waals surface area contributed by atoms with E-state index in [4.69, 9.17) is 14.8 Å². The van der Waals surface area contributed by atoms with Crippen LogP contribution in [0.25, 0.3) is 38.9 Å². The number of hydrogen-bond donors (Lipinski definition) is 1. The first kappa shape index (κ1) is 23.7. The third-order valence-corrected chi connectivity index (χ3v) is 6.25. The summed E-state index contributed by atoms with van der Waals surface area (Å²) in [6.07, 6.45) is -1.22. The third-order valence-electron chi connectivity index (χ3n) is 6.25. The van der Waals surface area contributed by atoms with Gasteiger partial charge in [-0.1, -0.05) is 66.7 Å². The van der Waals surface area contributed by atoms with Gasteiger partial charge in [0.15, 0.2) is 11.8 Å². The van der Waals surface area contributed by atoms with Crippen molar-refractivity contribution in [2.75, 3.05) is 0 Å². The molecule has 0 saturated heterocycles. The van der Waals surface area contributed by atoms with E-state index in [-0.39, 0.29) is 0 Å². The molecular weight excluding hydrogens is 450 g/mol. The predicted octanol–water partition coefficient (Wildman–Crippen LogP) is 6.77. The average Bonchev–Trinajstić information content (AvgIpc) is 3.26. The number of benzene rings is 3. The Kier molecular flexibility index (Phi) is 5.85. The molecule has 6 heteroatoms. The van der Waals surface area contributed by atoms with Crippen molar-refractivity contribution in [3.8, 4) is 22.5 Å². The lowest BCUT2D eigenvalue weighted by molar-refractivity contribution is -0.160. The van der Waals surface area contributed by atoms with Gasteiger partial charge in [-0.2, -0.15) is 5.10 Å². The Hall–Kier alpha value is -4.03. The van der Waals surface area contributed by atoms with Gasteiger partial charge < -0.3 is 9.84 Å². The summed E-state index contributed by atoms with van der Waals surface area (Å²) in [5.41, 5.74) is 5.49. The molecule has 0 aliphatic heterocycles. The minimum absolute atomic E-state index is 0.502. The molecule has 2 aromatic heterocycles. The molecule has 0 aliphatic rings. The Morgan fingerprint density at radius 2 is 1.61 bits per heavy atom. The smallest absolute Gasteiger partial charge is 0.337 e. The summed E-state index contributed by atoms with van der Waals surface area (Å²) in [5, 5.41) is 17.4. The summed E-state index contributed by atoms with van der Waals surface area (Å²) in [6.45, 7) is 9.47. The van der Waals surface area contributed by atoms with Crippen molar-refractivity contribution >= 4 is 22.4 Å². The maximum Gasteiger partial charge on any atom is 0.337 e. The highest BCUT2D eigenvalue weighted by atomic mass is 16.5. The van der Waals surface area contributed by atoms with E-state index in [9.17, 15) is 9.90 Å². The molecule has 182 valence electrons. The molecule has 3 aromatic carbocycles. The molecule has 0 spiro atoms. The molecule has 0 radical (unpaired) electrons. The summed E-state index contributed by atoms with van der Waals surface area (Å²) in [7, 11) is 0. The highest BCUT2D eigenvalue weighted by molar-refractivity contribution is 5.99. The number of hydrogen-bond acceptors (Lipinski definition) is 4. The van der Waals surface area contributed by atoms with Gasteiger partial charge in [-0.3, -0.25) is 0 Å². The third kappa shape index (κ3) is 4.25. The molecule has 1 unspecified atom stereocenters. The van der Waals surface area contributed by atoms with E-state index in [1.807, 2.05) is 82.3 Å². The van der Waals surface area contributed by atoms with Crippen molar-refractivity contribution in [2.45, 2.75) is 46.3 Å². The summed E-state index contributed by atoms with van der Waals surface area (Å²) in [6, 6.07) is 24.1. The molecule has 5 aromatic rings. The molecule has 36 heavy (non-hydrogen) atoms. The zero-order valence-electron chi connectivity index (χ0n) is 21.1. The van der Waals surface area contributed by atoms with Crippen LogP contribution in [0.3, 0.4) is 0 Å². The van der Waals surface area contributed by atoms with Crippen molar-refractivity contribution in [3.63, 3.8) is 0 Å². The number of ether oxygens (including phenoxy) is 1. The number of nitrogens with zero attached hydrogens (tertiary/aromatic N) is 3. The SMILES string of the molecule is Cc1nc2cc(-c3ccccc3)nn2c(-c2ccc(C)c3ccccc23)c1C(OC(C)(C)C)C(=O)O. The number of carbonyl (C=O) groups is 1. The first-order valence-electron chi connectivity index (χ1n) is 12.0. The first-order chi connectivity index (χ1) is 17.1. The standard InChI is InChI=1S/C30H29N3O3/c1-18-15-16-23(22-14-10-9-13-21(18)22)27-26(28(29(34)35)36-30(3,4)5)19(2)31-25-17-24(32-33(25)27)20-11-7-6-8-12-20/h6-17,28H,1-5H3,(H,34,35). The molecule has 0 saturated carbocycles. The zero-order valence-corrected chi connectivity index (χ0v) is 21.1. The second kappa shape index (κ2) is 8.88. The average molecular weight is 480 g/mol. The van der Waals surface area contributed by atoms with Crippen LogP contribution in [0.15, 0.2) is 72.8 Å². The van der Waals surface area contributed by atoms with Gasteiger partial charge in [-0.25, -0.2) is 14.3 Å². The fraction of sp³-hybridized carbons (Fsp3) is 0.233. The Balaban J connectivity index is 1.90. The topological polar surface area (TPSA) is 76.7 Å². The second-order valence-electron chi connectivity index (χ2n) is 10.0. The quantitative estimate of drug-likeness (QED) is 0.301. The minimum atomic E-state index is -1.22. The van der Waals surface area contributed by atoms with E-state index < -0.39 is 17.7 Å². The van der Waals surface area contributed by atoms with Crippen LogP contribution in [-0.2, 0) is 9.53 Å². The van der Waals surface area contributed by atoms with Gasteiger partial charge in [0.25, 0.3) is 0 Å². The van der Waals surface area contributed by atoms with Crippen molar-refractivity contribution in [3.05, 3.63) is 89.6 Å². The van der Waals surface area contributed by atoms with Crippen LogP contribution < -0.4 is 0 Å². The highest BCUT2D eigenvalue weighted by Gasteiger charge is 2.33. The van der Waals surface area contributed by atoms with Gasteiger partial charge in [-0.15, -0.1) is 0 Å². The molecular formula is C30H29N3O3. The number of carboxylic acid groups (broad SMARTS) is 1. The summed E-state index contributed by atoms with van der Waals surface area (Å²) >= 11 is 0. The zero-order chi connectivity index (χ0) is 25.6. The van der Waals surface area contributed by atoms with Crippen molar-refractivity contribution in [1.29, 1.82) is 0 Å². The molecule has 0 fully saturated rings. The van der Waals surface area contributed by atoms with E-state index in [0.29, 0.717) is 22.6 Å². The Morgan fingerprint density at radius 1 is 0.944 bits per heavy atom. The van der Waals surface area contributed by atoms with Crippen LogP contribution in [0.1, 0.15) is 43.7 Å². The molecule has 1 N–H and O–H groups in total. The van der Waals surface area contributed by atoms with E-state index in [0.717, 1.165) is 33.2 Å². The molecule has 0 bridgehead atoms. The van der Waals surface area contributed by atoms with Crippen LogP contribution in [0, 0.1) is 13.8 Å². The van der Waals surface area contributed by atoms with E-state index in [2.05, 4.69) is 25.1 Å². The maximum absolute atomic E-state index is 12.6. The van der Waals surface area contributed by atoms with Crippen LogP contribution in [0.4, 0.5) is 0 Å². The monoisotopic (exact) mass is 479 g/mol. The van der Waals surface area contributed by atoms with Gasteiger partial charge in [-0.05, 0) is 51.0 Å². The fourth-order valence-corrected chi connectivity index (χ4v) is 4.70. The molecule has 5 rings (SSSR count). The van der Waals surface area contributed by atoms with Crippen molar-refractivity contribution in [1.82, 2.24) is 14.6 Å². The molecule has 0 amide bonds. The number of aromatic nitrogens is 3. The summed E-state index contributed by atoms with van der Waals surface area (Å²) < 4.78 is 7.89. The van der Waals surface area contributed by atoms with Gasteiger partial charge in [0.2, 0.25) is 0 Å². The fourth-order valence-electron chi connectivity index (χ4n) is 4.70. The van der Waals surface area contributed by atoms with Crippen LogP contribution in [0.5, 0.6) is 0 Å². The number of fused-ring (bicyclic) bond motifs is 2. The molecule has 2 heterocycles.